The Morgan fingerprint density at radius 3 is 2.35 bits per heavy atom. The molecule has 0 bridgehead atoms. The molecule has 0 radical (unpaired) electrons. The number of hydrogen-bond acceptors (Lipinski definition) is 3. The van der Waals surface area contributed by atoms with E-state index in [2.05, 4.69) is 0 Å². The van der Waals surface area contributed by atoms with Gasteiger partial charge in [0.25, 0.3) is 0 Å². The molecule has 4 aromatic rings. The molecule has 4 rings (SSSR count). The van der Waals surface area contributed by atoms with Crippen LogP contribution in [0.5, 0.6) is 11.5 Å². The molecule has 0 spiro atoms. The molecule has 0 unspecified atom stereocenters. The van der Waals surface area contributed by atoms with Crippen LogP contribution in [0.2, 0.25) is 0 Å². The molecule has 0 saturated carbocycles. The summed E-state index contributed by atoms with van der Waals surface area (Å²) in [5.41, 5.74) is 1.58. The van der Waals surface area contributed by atoms with Gasteiger partial charge in [-0.15, -0.1) is 0 Å². The number of hydrogen-bond donors (Lipinski definition) is 0. The third-order valence-corrected chi connectivity index (χ3v) is 6.55. The van der Waals surface area contributed by atoms with Crippen LogP contribution >= 0.6 is 0 Å². The van der Waals surface area contributed by atoms with Crippen LogP contribution in [-0.4, -0.2) is 18.4 Å². The summed E-state index contributed by atoms with van der Waals surface area (Å²) in [6.07, 6.45) is 3.72. The van der Waals surface area contributed by atoms with Crippen molar-refractivity contribution in [1.29, 1.82) is 0 Å². The number of halogens is 1. The summed E-state index contributed by atoms with van der Waals surface area (Å²) in [6.45, 7) is 0. The number of ether oxygens (including phenoxy) is 2. The van der Waals surface area contributed by atoms with Gasteiger partial charge in [-0.2, -0.15) is 0 Å². The zero-order valence-corrected chi connectivity index (χ0v) is 18.0. The molecule has 4 aromatic carbocycles. The second-order valence-corrected chi connectivity index (χ2v) is 8.26. The summed E-state index contributed by atoms with van der Waals surface area (Å²) in [5, 5.41) is 1.87. The lowest BCUT2D eigenvalue weighted by Gasteiger charge is -2.14. The molecule has 1 atom stereocenters. The Bertz CT molecular complexity index is 1280. The Balaban J connectivity index is 1.84. The molecule has 0 N–H and O–H groups in total. The van der Waals surface area contributed by atoms with Gasteiger partial charge < -0.3 is 9.47 Å². The second-order valence-electron chi connectivity index (χ2n) is 6.88. The van der Waals surface area contributed by atoms with E-state index in [1.54, 1.807) is 38.5 Å². The first-order chi connectivity index (χ1) is 15.1. The minimum atomic E-state index is -1.51. The molecule has 0 saturated heterocycles. The predicted octanol–water partition coefficient (Wildman–Crippen LogP) is 6.33. The molecule has 156 valence electrons. The van der Waals surface area contributed by atoms with Crippen molar-refractivity contribution in [3.8, 4) is 11.5 Å². The zero-order valence-electron chi connectivity index (χ0n) is 17.2. The van der Waals surface area contributed by atoms with E-state index in [0.717, 1.165) is 21.9 Å². The molecule has 0 amide bonds. The molecule has 0 fully saturated rings. The average Bonchev–Trinajstić information content (AvgIpc) is 2.82. The fraction of sp³-hybridized carbons (Fsp3) is 0.0769. The third-order valence-electron chi connectivity index (χ3n) is 4.99. The summed E-state index contributed by atoms with van der Waals surface area (Å²) in [5.74, 6) is 0.939. The van der Waals surface area contributed by atoms with Gasteiger partial charge in [0.1, 0.15) is 17.3 Å². The number of rotatable bonds is 6. The van der Waals surface area contributed by atoms with Crippen molar-refractivity contribution < 1.29 is 18.1 Å². The Morgan fingerprint density at radius 2 is 1.61 bits per heavy atom. The van der Waals surface area contributed by atoms with Crippen molar-refractivity contribution in [2.75, 3.05) is 14.2 Å². The fourth-order valence-electron chi connectivity index (χ4n) is 3.40. The van der Waals surface area contributed by atoms with E-state index in [1.807, 2.05) is 54.6 Å². The first-order valence-corrected chi connectivity index (χ1v) is 10.8. The molecule has 5 heteroatoms. The van der Waals surface area contributed by atoms with E-state index in [0.29, 0.717) is 21.3 Å². The summed E-state index contributed by atoms with van der Waals surface area (Å²) in [7, 11) is 1.66. The smallest absolute Gasteiger partial charge is 0.136 e. The molecule has 0 aliphatic heterocycles. The van der Waals surface area contributed by atoms with Gasteiger partial charge in [0.15, 0.2) is 0 Å². The third kappa shape index (κ3) is 4.37. The molecule has 3 nitrogen and oxygen atoms in total. The fourth-order valence-corrected chi connectivity index (χ4v) is 4.87. The Morgan fingerprint density at radius 1 is 0.839 bits per heavy atom. The normalized spacial score (nSPS) is 12.2. The first kappa shape index (κ1) is 20.8. The van der Waals surface area contributed by atoms with Crippen LogP contribution < -0.4 is 9.47 Å². The highest BCUT2D eigenvalue weighted by Gasteiger charge is 2.19. The Labute approximate surface area is 183 Å². The largest absolute Gasteiger partial charge is 0.497 e. The summed E-state index contributed by atoms with van der Waals surface area (Å²) in [4.78, 5) is 1.26. The Kier molecular flexibility index (Phi) is 6.14. The van der Waals surface area contributed by atoms with Crippen molar-refractivity contribution in [2.24, 2.45) is 0 Å². The molecule has 0 heterocycles. The van der Waals surface area contributed by atoms with Crippen LogP contribution in [0.4, 0.5) is 4.39 Å². The highest BCUT2D eigenvalue weighted by molar-refractivity contribution is 7.85. The van der Waals surface area contributed by atoms with Gasteiger partial charge in [0, 0.05) is 5.39 Å². The lowest BCUT2D eigenvalue weighted by molar-refractivity contribution is 0.405. The van der Waals surface area contributed by atoms with E-state index in [1.165, 1.54) is 12.1 Å². The van der Waals surface area contributed by atoms with Crippen LogP contribution in [0.3, 0.4) is 0 Å². The molecule has 0 aliphatic rings. The van der Waals surface area contributed by atoms with Crippen LogP contribution in [0.1, 0.15) is 11.1 Å². The highest BCUT2D eigenvalue weighted by atomic mass is 32.2. The minimum Gasteiger partial charge on any atom is -0.497 e. The standard InChI is InChI=1S/C26H21FO3S/c1-29-22-14-16-25(20(17-22)10-7-18-8-12-21(27)13-9-18)31(28)26-23-6-4-3-5-19(23)11-15-24(26)30-2/h3-17H,1-2H3/b10-7+/t31-/m1/s1. The van der Waals surface area contributed by atoms with Gasteiger partial charge in [-0.05, 0) is 52.9 Å². The second kappa shape index (κ2) is 9.14. The predicted molar refractivity (Wildman–Crippen MR) is 123 cm³/mol. The van der Waals surface area contributed by atoms with Crippen molar-refractivity contribution in [2.45, 2.75) is 9.79 Å². The molecular formula is C26H21FO3S. The van der Waals surface area contributed by atoms with E-state index >= 15 is 0 Å². The average molecular weight is 433 g/mol. The summed E-state index contributed by atoms with van der Waals surface area (Å²) < 4.78 is 38.0. The molecular weight excluding hydrogens is 411 g/mol. The van der Waals surface area contributed by atoms with E-state index in [4.69, 9.17) is 9.47 Å². The maximum Gasteiger partial charge on any atom is 0.136 e. The van der Waals surface area contributed by atoms with E-state index in [9.17, 15) is 8.60 Å². The van der Waals surface area contributed by atoms with Crippen LogP contribution in [0, 0.1) is 5.82 Å². The molecule has 0 aliphatic carbocycles. The van der Waals surface area contributed by atoms with Gasteiger partial charge in [-0.25, -0.2) is 8.60 Å². The van der Waals surface area contributed by atoms with Crippen LogP contribution in [-0.2, 0) is 10.8 Å². The lowest BCUT2D eigenvalue weighted by atomic mass is 10.1. The van der Waals surface area contributed by atoms with Gasteiger partial charge >= 0.3 is 0 Å². The summed E-state index contributed by atoms with van der Waals surface area (Å²) in [6, 6.07) is 23.2. The van der Waals surface area contributed by atoms with Crippen LogP contribution in [0.15, 0.2) is 88.7 Å². The van der Waals surface area contributed by atoms with E-state index in [-0.39, 0.29) is 5.82 Å². The number of methoxy groups -OCH3 is 2. The maximum atomic E-state index is 13.8. The maximum absolute atomic E-state index is 13.8. The topological polar surface area (TPSA) is 35.5 Å². The molecule has 31 heavy (non-hydrogen) atoms. The van der Waals surface area contributed by atoms with Crippen molar-refractivity contribution >= 4 is 33.7 Å². The van der Waals surface area contributed by atoms with Crippen molar-refractivity contribution in [3.05, 3.63) is 95.8 Å². The number of fused-ring (bicyclic) bond motifs is 1. The SMILES string of the molecule is COc1ccc([S@@](=O)c2c(OC)ccc3ccccc23)c(/C=C/c2ccc(F)cc2)c1. The van der Waals surface area contributed by atoms with Crippen LogP contribution in [0.25, 0.3) is 22.9 Å². The highest BCUT2D eigenvalue weighted by Crippen LogP contribution is 2.35. The van der Waals surface area contributed by atoms with Gasteiger partial charge in [-0.3, -0.25) is 0 Å². The van der Waals surface area contributed by atoms with Gasteiger partial charge in [0.2, 0.25) is 0 Å². The summed E-state index contributed by atoms with van der Waals surface area (Å²) >= 11 is 0. The van der Waals surface area contributed by atoms with Crippen molar-refractivity contribution in [3.63, 3.8) is 0 Å². The van der Waals surface area contributed by atoms with Gasteiger partial charge in [0.05, 0.1) is 34.8 Å². The van der Waals surface area contributed by atoms with Crippen molar-refractivity contribution in [1.82, 2.24) is 0 Å². The zero-order chi connectivity index (χ0) is 21.8. The minimum absolute atomic E-state index is 0.289. The Hall–Kier alpha value is -3.44. The van der Waals surface area contributed by atoms with Gasteiger partial charge in [-0.1, -0.05) is 54.6 Å². The quantitative estimate of drug-likeness (QED) is 0.334. The monoisotopic (exact) mass is 432 g/mol. The molecule has 0 aromatic heterocycles. The lowest BCUT2D eigenvalue weighted by Crippen LogP contribution is -2.01. The first-order valence-electron chi connectivity index (χ1n) is 9.70. The number of benzene rings is 4. The van der Waals surface area contributed by atoms with E-state index < -0.39 is 10.8 Å².